The van der Waals surface area contributed by atoms with Crippen LogP contribution in [0.3, 0.4) is 0 Å². The molecule has 140 valence electrons. The first-order chi connectivity index (χ1) is 11.5. The zero-order valence-corrected chi connectivity index (χ0v) is 15.4. The van der Waals surface area contributed by atoms with Gasteiger partial charge in [-0.1, -0.05) is 0 Å². The molecule has 1 atom stereocenters. The molecule has 0 bridgehead atoms. The number of carbonyl (C=O) groups excluding carboxylic acids is 1. The van der Waals surface area contributed by atoms with Gasteiger partial charge in [0.2, 0.25) is 5.95 Å². The highest BCUT2D eigenvalue weighted by Crippen LogP contribution is 2.32. The third-order valence-electron chi connectivity index (χ3n) is 3.80. The van der Waals surface area contributed by atoms with Gasteiger partial charge in [-0.15, -0.1) is 0 Å². The number of hydrogen-bond donors (Lipinski definition) is 1. The van der Waals surface area contributed by atoms with Gasteiger partial charge in [0.25, 0.3) is 5.92 Å². The van der Waals surface area contributed by atoms with Crippen LogP contribution in [0.2, 0.25) is 0 Å². The second-order valence-corrected chi connectivity index (χ2v) is 7.49. The van der Waals surface area contributed by atoms with E-state index in [9.17, 15) is 13.6 Å². The molecule has 6 nitrogen and oxygen atoms in total. The van der Waals surface area contributed by atoms with Crippen molar-refractivity contribution in [2.45, 2.75) is 65.0 Å². The lowest BCUT2D eigenvalue weighted by molar-refractivity contribution is -0.0774. The van der Waals surface area contributed by atoms with Crippen LogP contribution in [-0.4, -0.2) is 51.6 Å². The minimum absolute atomic E-state index is 0.0397. The van der Waals surface area contributed by atoms with Crippen LogP contribution in [0.5, 0.6) is 0 Å². The van der Waals surface area contributed by atoms with Crippen LogP contribution in [-0.2, 0) is 4.74 Å². The number of hydrogen-bond acceptors (Lipinski definition) is 5. The number of amides is 1. The standard InChI is InChI=1S/C17H26F2N4O2/c1-11-8-12(2)22-14(21-11)20-10-13-9-17(18,19)6-7-23(13)15(24)25-16(3,4)5/h8,13H,6-7,9-10H2,1-5H3,(H,20,21,22). The Morgan fingerprint density at radius 2 is 1.96 bits per heavy atom. The van der Waals surface area contributed by atoms with Gasteiger partial charge >= 0.3 is 6.09 Å². The van der Waals surface area contributed by atoms with Gasteiger partial charge in [0.1, 0.15) is 5.60 Å². The fourth-order valence-electron chi connectivity index (χ4n) is 2.78. The van der Waals surface area contributed by atoms with E-state index in [4.69, 9.17) is 4.74 Å². The SMILES string of the molecule is Cc1cc(C)nc(NCC2CC(F)(F)CCN2C(=O)OC(C)(C)C)n1. The summed E-state index contributed by atoms with van der Waals surface area (Å²) in [7, 11) is 0. The average molecular weight is 356 g/mol. The topological polar surface area (TPSA) is 67.4 Å². The van der Waals surface area contributed by atoms with E-state index in [1.807, 2.05) is 19.9 Å². The van der Waals surface area contributed by atoms with Gasteiger partial charge in [-0.2, -0.15) is 0 Å². The number of aryl methyl sites for hydroxylation is 2. The van der Waals surface area contributed by atoms with E-state index in [-0.39, 0.29) is 19.5 Å². The number of aromatic nitrogens is 2. The van der Waals surface area contributed by atoms with Crippen molar-refractivity contribution in [2.24, 2.45) is 0 Å². The van der Waals surface area contributed by atoms with Crippen molar-refractivity contribution in [3.8, 4) is 0 Å². The summed E-state index contributed by atoms with van der Waals surface area (Å²) < 4.78 is 33.0. The van der Waals surface area contributed by atoms with Gasteiger partial charge in [-0.05, 0) is 40.7 Å². The van der Waals surface area contributed by atoms with E-state index in [1.54, 1.807) is 20.8 Å². The summed E-state index contributed by atoms with van der Waals surface area (Å²) in [5, 5.41) is 2.98. The Labute approximate surface area is 147 Å². The molecule has 1 aromatic rings. The third-order valence-corrected chi connectivity index (χ3v) is 3.80. The fraction of sp³-hybridized carbons (Fsp3) is 0.706. The first-order valence-electron chi connectivity index (χ1n) is 8.39. The molecular weight excluding hydrogens is 330 g/mol. The molecule has 25 heavy (non-hydrogen) atoms. The second kappa shape index (κ2) is 7.09. The second-order valence-electron chi connectivity index (χ2n) is 7.49. The van der Waals surface area contributed by atoms with Gasteiger partial charge < -0.3 is 15.0 Å². The van der Waals surface area contributed by atoms with E-state index >= 15 is 0 Å². The Hall–Kier alpha value is -1.99. The summed E-state index contributed by atoms with van der Waals surface area (Å²) in [6.45, 7) is 9.02. The van der Waals surface area contributed by atoms with Crippen molar-refractivity contribution in [1.29, 1.82) is 0 Å². The van der Waals surface area contributed by atoms with Gasteiger partial charge in [-0.3, -0.25) is 0 Å². The lowest BCUT2D eigenvalue weighted by atomic mass is 9.99. The van der Waals surface area contributed by atoms with E-state index in [2.05, 4.69) is 15.3 Å². The zero-order chi connectivity index (χ0) is 18.8. The first-order valence-corrected chi connectivity index (χ1v) is 8.39. The van der Waals surface area contributed by atoms with Crippen molar-refractivity contribution in [3.05, 3.63) is 17.5 Å². The summed E-state index contributed by atoms with van der Waals surface area (Å²) in [4.78, 5) is 22.2. The van der Waals surface area contributed by atoms with Crippen LogP contribution in [0.25, 0.3) is 0 Å². The van der Waals surface area contributed by atoms with Crippen LogP contribution in [0, 0.1) is 13.8 Å². The maximum absolute atomic E-state index is 13.8. The molecule has 2 rings (SSSR count). The zero-order valence-electron chi connectivity index (χ0n) is 15.4. The average Bonchev–Trinajstić information content (AvgIpc) is 2.41. The minimum atomic E-state index is -2.80. The molecule has 1 aromatic heterocycles. The molecule has 1 unspecified atom stereocenters. The number of nitrogens with one attached hydrogen (secondary N) is 1. The van der Waals surface area contributed by atoms with E-state index in [0.717, 1.165) is 11.4 Å². The van der Waals surface area contributed by atoms with E-state index < -0.39 is 30.1 Å². The van der Waals surface area contributed by atoms with E-state index in [1.165, 1.54) is 4.90 Å². The molecule has 0 radical (unpaired) electrons. The Balaban J connectivity index is 2.10. The normalized spacial score (nSPS) is 20.3. The molecule has 0 aliphatic carbocycles. The summed E-state index contributed by atoms with van der Waals surface area (Å²) in [6, 6.07) is 1.13. The lowest BCUT2D eigenvalue weighted by Gasteiger charge is -2.39. The number of rotatable bonds is 3. The van der Waals surface area contributed by atoms with Crippen molar-refractivity contribution < 1.29 is 18.3 Å². The van der Waals surface area contributed by atoms with Crippen molar-refractivity contribution >= 4 is 12.0 Å². The highest BCUT2D eigenvalue weighted by atomic mass is 19.3. The molecule has 0 aromatic carbocycles. The minimum Gasteiger partial charge on any atom is -0.444 e. The monoisotopic (exact) mass is 356 g/mol. The number of nitrogens with zero attached hydrogens (tertiary/aromatic N) is 3. The molecule has 0 spiro atoms. The number of halogens is 2. The van der Waals surface area contributed by atoms with Gasteiger partial charge in [0.05, 0.1) is 6.04 Å². The summed E-state index contributed by atoms with van der Waals surface area (Å²) in [5.74, 6) is -2.43. The highest BCUT2D eigenvalue weighted by molar-refractivity contribution is 5.69. The quantitative estimate of drug-likeness (QED) is 0.897. The summed E-state index contributed by atoms with van der Waals surface area (Å²) in [6.07, 6.45) is -1.34. The van der Waals surface area contributed by atoms with Crippen LogP contribution in [0.15, 0.2) is 6.07 Å². The molecular formula is C17H26F2N4O2. The van der Waals surface area contributed by atoms with Gasteiger partial charge in [0, 0.05) is 37.3 Å². The number of piperidine rings is 1. The molecule has 2 heterocycles. The first kappa shape index (κ1) is 19.3. The number of alkyl halides is 2. The van der Waals surface area contributed by atoms with Crippen LogP contribution < -0.4 is 5.32 Å². The van der Waals surface area contributed by atoms with Crippen molar-refractivity contribution in [3.63, 3.8) is 0 Å². The van der Waals surface area contributed by atoms with Crippen LogP contribution in [0.4, 0.5) is 19.5 Å². The third kappa shape index (κ3) is 5.79. The summed E-state index contributed by atoms with van der Waals surface area (Å²) in [5.41, 5.74) is 0.896. The van der Waals surface area contributed by atoms with E-state index in [0.29, 0.717) is 5.95 Å². The largest absolute Gasteiger partial charge is 0.444 e. The van der Waals surface area contributed by atoms with Crippen molar-refractivity contribution in [2.75, 3.05) is 18.4 Å². The van der Waals surface area contributed by atoms with Crippen LogP contribution in [0.1, 0.15) is 45.0 Å². The number of carbonyl (C=O) groups is 1. The van der Waals surface area contributed by atoms with Gasteiger partial charge in [0.15, 0.2) is 0 Å². The number of anilines is 1. The highest BCUT2D eigenvalue weighted by Gasteiger charge is 2.43. The molecule has 1 amide bonds. The predicted molar refractivity (Wildman–Crippen MR) is 90.9 cm³/mol. The maximum atomic E-state index is 13.8. The molecule has 8 heteroatoms. The Bertz CT molecular complexity index is 611. The molecule has 1 aliphatic rings. The van der Waals surface area contributed by atoms with Crippen molar-refractivity contribution in [1.82, 2.24) is 14.9 Å². The number of ether oxygens (including phenoxy) is 1. The van der Waals surface area contributed by atoms with Crippen LogP contribution >= 0.6 is 0 Å². The Morgan fingerprint density at radius 3 is 2.52 bits per heavy atom. The molecule has 1 N–H and O–H groups in total. The Kier molecular flexibility index (Phi) is 5.49. The maximum Gasteiger partial charge on any atom is 0.410 e. The summed E-state index contributed by atoms with van der Waals surface area (Å²) >= 11 is 0. The fourth-order valence-corrected chi connectivity index (χ4v) is 2.78. The molecule has 0 saturated carbocycles. The smallest absolute Gasteiger partial charge is 0.410 e. The number of likely N-dealkylation sites (tertiary alicyclic amines) is 1. The Morgan fingerprint density at radius 1 is 1.36 bits per heavy atom. The lowest BCUT2D eigenvalue weighted by Crippen LogP contribution is -2.53. The predicted octanol–water partition coefficient (Wildman–Crippen LogP) is 3.54. The molecule has 1 saturated heterocycles. The molecule has 1 aliphatic heterocycles. The van der Waals surface area contributed by atoms with Gasteiger partial charge in [-0.25, -0.2) is 23.5 Å². The molecule has 1 fully saturated rings.